The van der Waals surface area contributed by atoms with Crippen molar-refractivity contribution in [1.82, 2.24) is 30.5 Å². The zero-order valence-corrected chi connectivity index (χ0v) is 19.4. The van der Waals surface area contributed by atoms with E-state index in [-0.39, 0.29) is 11.6 Å². The largest absolute Gasteiger partial charge is 0.344 e. The lowest BCUT2D eigenvalue weighted by atomic mass is 9.93. The summed E-state index contributed by atoms with van der Waals surface area (Å²) < 4.78 is 14.8. The molecule has 0 radical (unpaired) electrons. The van der Waals surface area contributed by atoms with Crippen molar-refractivity contribution in [3.05, 3.63) is 66.0 Å². The van der Waals surface area contributed by atoms with E-state index in [2.05, 4.69) is 20.9 Å². The number of hydrazine groups is 1. The van der Waals surface area contributed by atoms with Gasteiger partial charge in [-0.15, -0.1) is 10.2 Å². The number of rotatable bonds is 8. The van der Waals surface area contributed by atoms with E-state index in [0.717, 1.165) is 22.3 Å². The van der Waals surface area contributed by atoms with Gasteiger partial charge in [0.15, 0.2) is 11.0 Å². The molecule has 1 fully saturated rings. The second-order valence-electron chi connectivity index (χ2n) is 8.08. The highest BCUT2D eigenvalue weighted by Crippen LogP contribution is 2.24. The molecule has 2 heterocycles. The number of nitrogens with zero attached hydrogens (tertiary/aromatic N) is 4. The second kappa shape index (κ2) is 9.64. The van der Waals surface area contributed by atoms with Crippen molar-refractivity contribution in [3.63, 3.8) is 0 Å². The number of carbonyl (C=O) groups excluding carboxylic acids is 3. The number of thioether (sulfide) groups is 1. The van der Waals surface area contributed by atoms with Crippen LogP contribution in [0, 0.1) is 5.82 Å². The maximum atomic E-state index is 13.2. The Balaban J connectivity index is 1.34. The predicted octanol–water partition coefficient (Wildman–Crippen LogP) is 2.69. The molecule has 0 saturated carbocycles. The van der Waals surface area contributed by atoms with Crippen LogP contribution in [0.1, 0.15) is 18.9 Å². The Morgan fingerprint density at radius 2 is 1.82 bits per heavy atom. The summed E-state index contributed by atoms with van der Waals surface area (Å²) in [6.45, 7) is 1.65. The highest BCUT2D eigenvalue weighted by atomic mass is 32.2. The topological polar surface area (TPSA) is 109 Å². The van der Waals surface area contributed by atoms with Gasteiger partial charge in [-0.05, 0) is 49.6 Å². The standard InChI is InChI=1S/C23H23FN6O3S/c1-23(13-12-15-6-4-3-5-7-15)20(32)30(21(33)25-23)28-18(31)14-34-22-27-26-19(29(22)2)16-8-10-17(24)11-9-16/h3-11H,12-14H2,1-2H3,(H,25,33)(H,28,31). The first-order chi connectivity index (χ1) is 16.3. The van der Waals surface area contributed by atoms with E-state index in [1.165, 1.54) is 12.1 Å². The Morgan fingerprint density at radius 3 is 2.53 bits per heavy atom. The second-order valence-corrected chi connectivity index (χ2v) is 9.03. The number of carbonyl (C=O) groups is 3. The van der Waals surface area contributed by atoms with E-state index in [9.17, 15) is 18.8 Å². The van der Waals surface area contributed by atoms with Crippen molar-refractivity contribution in [2.24, 2.45) is 7.05 Å². The van der Waals surface area contributed by atoms with Gasteiger partial charge in [-0.2, -0.15) is 5.01 Å². The fourth-order valence-corrected chi connectivity index (χ4v) is 4.28. The third-order valence-electron chi connectivity index (χ3n) is 5.52. The molecule has 0 spiro atoms. The molecular formula is C23H23FN6O3S. The van der Waals surface area contributed by atoms with E-state index in [0.29, 0.717) is 29.4 Å². The fourth-order valence-electron chi connectivity index (χ4n) is 3.57. The maximum Gasteiger partial charge on any atom is 0.344 e. The minimum atomic E-state index is -1.11. The van der Waals surface area contributed by atoms with Crippen molar-refractivity contribution < 1.29 is 18.8 Å². The Morgan fingerprint density at radius 1 is 1.12 bits per heavy atom. The van der Waals surface area contributed by atoms with Crippen LogP contribution >= 0.6 is 11.8 Å². The first-order valence-corrected chi connectivity index (χ1v) is 11.5. The van der Waals surface area contributed by atoms with Crippen LogP contribution in [0.25, 0.3) is 11.4 Å². The Bertz CT molecular complexity index is 1220. The molecule has 1 aromatic heterocycles. The number of aryl methyl sites for hydroxylation is 1. The maximum absolute atomic E-state index is 13.2. The summed E-state index contributed by atoms with van der Waals surface area (Å²) in [5, 5.41) is 12.0. The van der Waals surface area contributed by atoms with E-state index >= 15 is 0 Å². The van der Waals surface area contributed by atoms with Crippen molar-refractivity contribution in [3.8, 4) is 11.4 Å². The highest BCUT2D eigenvalue weighted by Gasteiger charge is 2.48. The highest BCUT2D eigenvalue weighted by molar-refractivity contribution is 7.99. The van der Waals surface area contributed by atoms with Gasteiger partial charge in [0.1, 0.15) is 11.4 Å². The molecule has 1 aliphatic heterocycles. The fraction of sp³-hybridized carbons (Fsp3) is 0.261. The molecule has 11 heteroatoms. The van der Waals surface area contributed by atoms with Crippen LogP contribution in [0.15, 0.2) is 59.8 Å². The third-order valence-corrected chi connectivity index (χ3v) is 6.54. The lowest BCUT2D eigenvalue weighted by Crippen LogP contribution is -2.49. The van der Waals surface area contributed by atoms with Crippen molar-refractivity contribution in [2.45, 2.75) is 30.5 Å². The molecular weight excluding hydrogens is 459 g/mol. The van der Waals surface area contributed by atoms with Gasteiger partial charge in [-0.25, -0.2) is 9.18 Å². The van der Waals surface area contributed by atoms with Gasteiger partial charge in [0.05, 0.1) is 5.75 Å². The van der Waals surface area contributed by atoms with E-state index < -0.39 is 23.4 Å². The van der Waals surface area contributed by atoms with E-state index in [1.807, 2.05) is 30.3 Å². The average Bonchev–Trinajstić information content (AvgIpc) is 3.29. The van der Waals surface area contributed by atoms with Crippen molar-refractivity contribution in [2.75, 3.05) is 5.75 Å². The molecule has 0 aliphatic carbocycles. The quantitative estimate of drug-likeness (QED) is 0.378. The van der Waals surface area contributed by atoms with Crippen LogP contribution in [0.5, 0.6) is 0 Å². The molecule has 1 aliphatic rings. The van der Waals surface area contributed by atoms with E-state index in [1.54, 1.807) is 30.7 Å². The van der Waals surface area contributed by atoms with Crippen LogP contribution in [-0.2, 0) is 23.1 Å². The molecule has 1 saturated heterocycles. The number of benzene rings is 2. The molecule has 34 heavy (non-hydrogen) atoms. The predicted molar refractivity (Wildman–Crippen MR) is 124 cm³/mol. The summed E-state index contributed by atoms with van der Waals surface area (Å²) in [6, 6.07) is 14.8. The molecule has 9 nitrogen and oxygen atoms in total. The molecule has 3 aromatic rings. The molecule has 2 aromatic carbocycles. The van der Waals surface area contributed by atoms with Gasteiger partial charge in [0.25, 0.3) is 5.91 Å². The Kier molecular flexibility index (Phi) is 6.64. The van der Waals surface area contributed by atoms with Crippen LogP contribution in [0.3, 0.4) is 0 Å². The minimum absolute atomic E-state index is 0.0901. The van der Waals surface area contributed by atoms with Gasteiger partial charge in [-0.3, -0.25) is 15.0 Å². The Labute approximate surface area is 199 Å². The number of imide groups is 1. The van der Waals surface area contributed by atoms with Gasteiger partial charge in [-0.1, -0.05) is 42.1 Å². The zero-order chi connectivity index (χ0) is 24.3. The first kappa shape index (κ1) is 23.4. The summed E-state index contributed by atoms with van der Waals surface area (Å²) in [6.07, 6.45) is 0.997. The van der Waals surface area contributed by atoms with Crippen LogP contribution in [0.4, 0.5) is 9.18 Å². The molecule has 4 rings (SSSR count). The van der Waals surface area contributed by atoms with Crippen LogP contribution < -0.4 is 10.7 Å². The van der Waals surface area contributed by atoms with Crippen LogP contribution in [-0.4, -0.2) is 48.9 Å². The van der Waals surface area contributed by atoms with Crippen molar-refractivity contribution >= 4 is 29.6 Å². The van der Waals surface area contributed by atoms with Crippen molar-refractivity contribution in [1.29, 1.82) is 0 Å². The lowest BCUT2D eigenvalue weighted by Gasteiger charge is -2.21. The smallest absolute Gasteiger partial charge is 0.322 e. The van der Waals surface area contributed by atoms with Crippen LogP contribution in [0.2, 0.25) is 0 Å². The third kappa shape index (κ3) is 4.93. The molecule has 0 bridgehead atoms. The number of aromatic nitrogens is 3. The number of nitrogens with one attached hydrogen (secondary N) is 2. The summed E-state index contributed by atoms with van der Waals surface area (Å²) in [5.74, 6) is -0.969. The zero-order valence-electron chi connectivity index (χ0n) is 18.6. The lowest BCUT2D eigenvalue weighted by molar-refractivity contribution is -0.138. The molecule has 176 valence electrons. The first-order valence-electron chi connectivity index (χ1n) is 10.5. The van der Waals surface area contributed by atoms with Gasteiger partial charge in [0, 0.05) is 12.6 Å². The van der Waals surface area contributed by atoms with Gasteiger partial charge < -0.3 is 9.88 Å². The van der Waals surface area contributed by atoms with Gasteiger partial charge >= 0.3 is 6.03 Å². The number of amides is 4. The summed E-state index contributed by atoms with van der Waals surface area (Å²) >= 11 is 1.10. The molecule has 4 amide bonds. The average molecular weight is 483 g/mol. The number of hydrogen-bond donors (Lipinski definition) is 2. The molecule has 1 unspecified atom stereocenters. The van der Waals surface area contributed by atoms with E-state index in [4.69, 9.17) is 0 Å². The number of urea groups is 1. The normalized spacial score (nSPS) is 17.7. The minimum Gasteiger partial charge on any atom is -0.322 e. The van der Waals surface area contributed by atoms with Gasteiger partial charge in [0.2, 0.25) is 5.91 Å². The molecule has 1 atom stereocenters. The number of halogens is 1. The Hall–Kier alpha value is -3.73. The molecule has 2 N–H and O–H groups in total. The summed E-state index contributed by atoms with van der Waals surface area (Å²) in [4.78, 5) is 37.7. The SMILES string of the molecule is Cn1c(SCC(=O)NN2C(=O)NC(C)(CCc3ccccc3)C2=O)nnc1-c1ccc(F)cc1. The monoisotopic (exact) mass is 482 g/mol. The number of hydrogen-bond acceptors (Lipinski definition) is 6. The summed E-state index contributed by atoms with van der Waals surface area (Å²) in [5.41, 5.74) is 3.00. The summed E-state index contributed by atoms with van der Waals surface area (Å²) in [7, 11) is 1.73.